The number of nitro benzene ring substituents is 1. The summed E-state index contributed by atoms with van der Waals surface area (Å²) in [6, 6.07) is 10.6. The number of aryl methyl sites for hydroxylation is 1. The minimum atomic E-state index is -0.397. The molecule has 0 aromatic heterocycles. The quantitative estimate of drug-likeness (QED) is 0.670. The topological polar surface area (TPSA) is 64.4 Å². The number of nitrogens with one attached hydrogen (secondary N) is 1. The van der Waals surface area contributed by atoms with Crippen LogP contribution in [0.5, 0.6) is 5.75 Å². The second-order valence-corrected chi connectivity index (χ2v) is 4.87. The Morgan fingerprint density at radius 3 is 2.38 bits per heavy atom. The van der Waals surface area contributed by atoms with Crippen molar-refractivity contribution < 1.29 is 9.66 Å². The Kier molecular flexibility index (Phi) is 4.42. The molecule has 0 saturated carbocycles. The summed E-state index contributed by atoms with van der Waals surface area (Å²) in [5.74, 6) is 0.878. The average molecular weight is 286 g/mol. The maximum absolute atomic E-state index is 10.6. The number of nitro groups is 1. The van der Waals surface area contributed by atoms with Crippen molar-refractivity contribution in [2.24, 2.45) is 0 Å². The van der Waals surface area contributed by atoms with E-state index in [0.717, 1.165) is 28.1 Å². The molecule has 2 aromatic carbocycles. The fourth-order valence-electron chi connectivity index (χ4n) is 2.27. The fraction of sp³-hybridized carbons (Fsp3) is 0.250. The normalized spacial score (nSPS) is 10.2. The zero-order valence-corrected chi connectivity index (χ0v) is 12.3. The van der Waals surface area contributed by atoms with Gasteiger partial charge in [-0.05, 0) is 31.0 Å². The van der Waals surface area contributed by atoms with Gasteiger partial charge in [-0.1, -0.05) is 18.2 Å². The van der Waals surface area contributed by atoms with Crippen molar-refractivity contribution >= 4 is 11.4 Å². The monoisotopic (exact) mass is 286 g/mol. The summed E-state index contributed by atoms with van der Waals surface area (Å²) in [4.78, 5) is 10.2. The molecule has 0 heterocycles. The lowest BCUT2D eigenvalue weighted by Gasteiger charge is -2.14. The minimum Gasteiger partial charge on any atom is -0.496 e. The first-order valence-electron chi connectivity index (χ1n) is 6.64. The predicted octanol–water partition coefficient (Wildman–Crippen LogP) is 3.83. The van der Waals surface area contributed by atoms with Crippen molar-refractivity contribution in [3.63, 3.8) is 0 Å². The summed E-state index contributed by atoms with van der Waals surface area (Å²) >= 11 is 0. The van der Waals surface area contributed by atoms with Crippen LogP contribution >= 0.6 is 0 Å². The van der Waals surface area contributed by atoms with Crippen LogP contribution in [-0.4, -0.2) is 12.0 Å². The molecule has 0 aliphatic rings. The summed E-state index contributed by atoms with van der Waals surface area (Å²) in [6.07, 6.45) is 0. The molecule has 0 fully saturated rings. The Bertz CT molecular complexity index is 651. The predicted molar refractivity (Wildman–Crippen MR) is 82.9 cm³/mol. The lowest BCUT2D eigenvalue weighted by molar-refractivity contribution is -0.384. The first-order chi connectivity index (χ1) is 10.0. The van der Waals surface area contributed by atoms with Gasteiger partial charge in [0.05, 0.1) is 12.0 Å². The van der Waals surface area contributed by atoms with Crippen LogP contribution in [-0.2, 0) is 6.54 Å². The third-order valence-corrected chi connectivity index (χ3v) is 3.44. The SMILES string of the molecule is COc1c(C)ccc(NCc2ccc([N+](=O)[O-])cc2)c1C. The van der Waals surface area contributed by atoms with Crippen molar-refractivity contribution in [1.82, 2.24) is 0 Å². The highest BCUT2D eigenvalue weighted by Gasteiger charge is 2.08. The summed E-state index contributed by atoms with van der Waals surface area (Å²) in [5.41, 5.74) is 4.23. The molecule has 110 valence electrons. The molecule has 0 atom stereocenters. The third-order valence-electron chi connectivity index (χ3n) is 3.44. The lowest BCUT2D eigenvalue weighted by Crippen LogP contribution is -2.03. The van der Waals surface area contributed by atoms with E-state index in [0.29, 0.717) is 6.54 Å². The number of hydrogen-bond donors (Lipinski definition) is 1. The van der Waals surface area contributed by atoms with Crippen molar-refractivity contribution in [1.29, 1.82) is 0 Å². The number of anilines is 1. The highest BCUT2D eigenvalue weighted by molar-refractivity contribution is 5.59. The summed E-state index contributed by atoms with van der Waals surface area (Å²) in [5, 5.41) is 13.9. The molecule has 0 aliphatic carbocycles. The Labute approximate surface area is 123 Å². The van der Waals surface area contributed by atoms with E-state index in [2.05, 4.69) is 5.32 Å². The Balaban J connectivity index is 2.11. The summed E-state index contributed by atoms with van der Waals surface area (Å²) in [6.45, 7) is 4.61. The van der Waals surface area contributed by atoms with Gasteiger partial charge in [0.25, 0.3) is 5.69 Å². The van der Waals surface area contributed by atoms with Crippen molar-refractivity contribution in [2.75, 3.05) is 12.4 Å². The highest BCUT2D eigenvalue weighted by atomic mass is 16.6. The zero-order valence-electron chi connectivity index (χ0n) is 12.3. The number of ether oxygens (including phenoxy) is 1. The fourth-order valence-corrected chi connectivity index (χ4v) is 2.27. The van der Waals surface area contributed by atoms with E-state index in [1.807, 2.05) is 26.0 Å². The van der Waals surface area contributed by atoms with E-state index < -0.39 is 4.92 Å². The van der Waals surface area contributed by atoms with E-state index in [1.54, 1.807) is 19.2 Å². The van der Waals surface area contributed by atoms with Gasteiger partial charge in [0.1, 0.15) is 5.75 Å². The zero-order chi connectivity index (χ0) is 15.4. The number of methoxy groups -OCH3 is 1. The van der Waals surface area contributed by atoms with Crippen LogP contribution < -0.4 is 10.1 Å². The molecule has 2 aromatic rings. The number of nitrogens with zero attached hydrogens (tertiary/aromatic N) is 1. The third kappa shape index (κ3) is 3.31. The van der Waals surface area contributed by atoms with Gasteiger partial charge >= 0.3 is 0 Å². The van der Waals surface area contributed by atoms with Crippen LogP contribution in [0.2, 0.25) is 0 Å². The maximum atomic E-state index is 10.6. The van der Waals surface area contributed by atoms with E-state index in [1.165, 1.54) is 12.1 Å². The van der Waals surface area contributed by atoms with Gasteiger partial charge in [-0.25, -0.2) is 0 Å². The number of benzene rings is 2. The molecule has 0 saturated heterocycles. The first kappa shape index (κ1) is 14.8. The molecule has 0 aliphatic heterocycles. The molecule has 5 heteroatoms. The molecule has 1 N–H and O–H groups in total. The maximum Gasteiger partial charge on any atom is 0.269 e. The van der Waals surface area contributed by atoms with E-state index >= 15 is 0 Å². The standard InChI is InChI=1S/C16H18N2O3/c1-11-4-9-15(12(2)16(11)21-3)17-10-13-5-7-14(8-6-13)18(19)20/h4-9,17H,10H2,1-3H3. The molecular weight excluding hydrogens is 268 g/mol. The van der Waals surface area contributed by atoms with Crippen LogP contribution in [0.4, 0.5) is 11.4 Å². The smallest absolute Gasteiger partial charge is 0.269 e. The van der Waals surface area contributed by atoms with Gasteiger partial charge < -0.3 is 10.1 Å². The van der Waals surface area contributed by atoms with E-state index in [9.17, 15) is 10.1 Å². The summed E-state index contributed by atoms with van der Waals surface area (Å²) in [7, 11) is 1.66. The molecule has 21 heavy (non-hydrogen) atoms. The van der Waals surface area contributed by atoms with Gasteiger partial charge in [0.15, 0.2) is 0 Å². The Morgan fingerprint density at radius 1 is 1.14 bits per heavy atom. The number of non-ortho nitro benzene ring substituents is 1. The molecular formula is C16H18N2O3. The van der Waals surface area contributed by atoms with Crippen molar-refractivity contribution in [3.05, 3.63) is 63.2 Å². The summed E-state index contributed by atoms with van der Waals surface area (Å²) < 4.78 is 5.40. The molecule has 0 unspecified atom stereocenters. The van der Waals surface area contributed by atoms with Crippen LogP contribution in [0.3, 0.4) is 0 Å². The van der Waals surface area contributed by atoms with Gasteiger partial charge in [-0.2, -0.15) is 0 Å². The number of hydrogen-bond acceptors (Lipinski definition) is 4. The van der Waals surface area contributed by atoms with Gasteiger partial charge in [0.2, 0.25) is 0 Å². The van der Waals surface area contributed by atoms with Gasteiger partial charge in [-0.15, -0.1) is 0 Å². The molecule has 0 radical (unpaired) electrons. The van der Waals surface area contributed by atoms with Crippen LogP contribution in [0.1, 0.15) is 16.7 Å². The molecule has 0 amide bonds. The molecule has 0 bridgehead atoms. The second-order valence-electron chi connectivity index (χ2n) is 4.87. The number of rotatable bonds is 5. The Hall–Kier alpha value is -2.56. The van der Waals surface area contributed by atoms with Gasteiger partial charge in [0, 0.05) is 29.9 Å². The van der Waals surface area contributed by atoms with Crippen LogP contribution in [0.25, 0.3) is 0 Å². The van der Waals surface area contributed by atoms with Gasteiger partial charge in [-0.3, -0.25) is 10.1 Å². The highest BCUT2D eigenvalue weighted by Crippen LogP contribution is 2.29. The lowest BCUT2D eigenvalue weighted by atomic mass is 10.1. The second kappa shape index (κ2) is 6.26. The van der Waals surface area contributed by atoms with Crippen molar-refractivity contribution in [2.45, 2.75) is 20.4 Å². The van der Waals surface area contributed by atoms with E-state index in [4.69, 9.17) is 4.74 Å². The molecule has 2 rings (SSSR count). The van der Waals surface area contributed by atoms with Crippen LogP contribution in [0.15, 0.2) is 36.4 Å². The molecule has 5 nitrogen and oxygen atoms in total. The Morgan fingerprint density at radius 2 is 1.81 bits per heavy atom. The van der Waals surface area contributed by atoms with Crippen LogP contribution in [0, 0.1) is 24.0 Å². The largest absolute Gasteiger partial charge is 0.496 e. The average Bonchev–Trinajstić information content (AvgIpc) is 2.47. The van der Waals surface area contributed by atoms with Crippen molar-refractivity contribution in [3.8, 4) is 5.75 Å². The minimum absolute atomic E-state index is 0.104. The van der Waals surface area contributed by atoms with E-state index in [-0.39, 0.29) is 5.69 Å². The first-order valence-corrected chi connectivity index (χ1v) is 6.64. The molecule has 0 spiro atoms.